The summed E-state index contributed by atoms with van der Waals surface area (Å²) in [7, 11) is 0. The van der Waals surface area contributed by atoms with Crippen molar-refractivity contribution in [1.82, 2.24) is 23.9 Å². The van der Waals surface area contributed by atoms with Crippen LogP contribution in [0.5, 0.6) is 5.75 Å². The Morgan fingerprint density at radius 2 is 1.66 bits per heavy atom. The number of carbonyl (C=O) groups excluding carboxylic acids is 2. The highest BCUT2D eigenvalue weighted by Crippen LogP contribution is 2.63. The molecule has 4 atom stereocenters. The average Bonchev–Trinajstić information content (AvgIpc) is 3.51. The molecule has 4 heterocycles. The SMILES string of the molecule is O=C1[C@@H]2C[C@@H]3C(=CCn4c(=O)n(-c5ccccc5)c(=O)n43)[C@H](c3cc(Br)ccc3O)[C@]2(c2ccc(Cl)cc2)C(=O)N1Nc1ncc(C(F)(F)F)cc1Cl. The number of rotatable bonds is 5. The highest BCUT2D eigenvalue weighted by molar-refractivity contribution is 9.10. The minimum atomic E-state index is -4.76. The van der Waals surface area contributed by atoms with Gasteiger partial charge >= 0.3 is 17.6 Å². The molecule has 11 nitrogen and oxygen atoms in total. The maximum Gasteiger partial charge on any atom is 0.417 e. The van der Waals surface area contributed by atoms with E-state index in [0.717, 1.165) is 4.57 Å². The van der Waals surface area contributed by atoms with Crippen LogP contribution >= 0.6 is 39.1 Å². The monoisotopic (exact) mass is 826 g/mol. The second kappa shape index (κ2) is 12.5. The van der Waals surface area contributed by atoms with E-state index >= 15 is 4.79 Å². The Hall–Kier alpha value is -5.12. The first-order valence-corrected chi connectivity index (χ1v) is 17.6. The Balaban J connectivity index is 1.37. The number of carbonyl (C=O) groups is 2. The molecule has 0 unspecified atom stereocenters. The number of para-hydroxylation sites is 1. The molecular weight excluding hydrogens is 804 g/mol. The topological polar surface area (TPSA) is 131 Å². The van der Waals surface area contributed by atoms with Crippen molar-refractivity contribution in [3.63, 3.8) is 0 Å². The lowest BCUT2D eigenvalue weighted by atomic mass is 9.53. The summed E-state index contributed by atoms with van der Waals surface area (Å²) >= 11 is 16.0. The average molecular weight is 828 g/mol. The smallest absolute Gasteiger partial charge is 0.417 e. The zero-order valence-corrected chi connectivity index (χ0v) is 30.0. The molecule has 2 aliphatic heterocycles. The first kappa shape index (κ1) is 34.9. The van der Waals surface area contributed by atoms with Gasteiger partial charge in [0.05, 0.1) is 40.2 Å². The number of imide groups is 1. The second-order valence-corrected chi connectivity index (χ2v) is 14.6. The van der Waals surface area contributed by atoms with Crippen LogP contribution in [-0.4, -0.2) is 40.8 Å². The van der Waals surface area contributed by atoms with E-state index in [-0.39, 0.29) is 24.3 Å². The van der Waals surface area contributed by atoms with Crippen molar-refractivity contribution in [1.29, 1.82) is 0 Å². The highest BCUT2D eigenvalue weighted by Gasteiger charge is 2.69. The molecule has 0 spiro atoms. The number of halogens is 6. The summed E-state index contributed by atoms with van der Waals surface area (Å²) < 4.78 is 44.4. The molecular formula is C36H24BrCl2F3N6O5. The van der Waals surface area contributed by atoms with Gasteiger partial charge < -0.3 is 5.11 Å². The molecule has 0 radical (unpaired) electrons. The number of allylic oxidation sites excluding steroid dienone is 2. The third-order valence-electron chi connectivity index (χ3n) is 10.1. The van der Waals surface area contributed by atoms with Gasteiger partial charge in [0.2, 0.25) is 0 Å². The molecule has 0 bridgehead atoms. The van der Waals surface area contributed by atoms with E-state index in [1.54, 1.807) is 72.8 Å². The van der Waals surface area contributed by atoms with Crippen LogP contribution in [0.3, 0.4) is 0 Å². The molecule has 2 N–H and O–H groups in total. The fraction of sp³-hybridized carbons (Fsp3) is 0.194. The second-order valence-electron chi connectivity index (χ2n) is 12.8. The minimum Gasteiger partial charge on any atom is -0.508 e. The number of phenolic OH excluding ortho intramolecular Hbond substituents is 1. The van der Waals surface area contributed by atoms with Crippen molar-refractivity contribution in [2.45, 2.75) is 36.5 Å². The summed E-state index contributed by atoms with van der Waals surface area (Å²) in [5.41, 5.74) is -0.324. The van der Waals surface area contributed by atoms with E-state index in [0.29, 0.717) is 43.6 Å². The van der Waals surface area contributed by atoms with Gasteiger partial charge in [-0.15, -0.1) is 0 Å². The van der Waals surface area contributed by atoms with E-state index in [4.69, 9.17) is 23.2 Å². The summed E-state index contributed by atoms with van der Waals surface area (Å²) in [5.74, 6) is -4.67. The van der Waals surface area contributed by atoms with E-state index in [2.05, 4.69) is 26.3 Å². The first-order chi connectivity index (χ1) is 25.2. The van der Waals surface area contributed by atoms with Gasteiger partial charge in [-0.05, 0) is 66.1 Å². The molecule has 53 heavy (non-hydrogen) atoms. The largest absolute Gasteiger partial charge is 0.508 e. The van der Waals surface area contributed by atoms with E-state index in [1.165, 1.54) is 15.4 Å². The van der Waals surface area contributed by atoms with Crippen molar-refractivity contribution in [2.24, 2.45) is 5.92 Å². The van der Waals surface area contributed by atoms with Crippen LogP contribution in [0.25, 0.3) is 5.69 Å². The van der Waals surface area contributed by atoms with Crippen molar-refractivity contribution in [2.75, 3.05) is 5.43 Å². The first-order valence-electron chi connectivity index (χ1n) is 16.1. The third kappa shape index (κ3) is 5.27. The fourth-order valence-corrected chi connectivity index (χ4v) is 8.66. The summed E-state index contributed by atoms with van der Waals surface area (Å²) in [6.45, 7) is -0.0818. The molecule has 8 rings (SSSR count). The van der Waals surface area contributed by atoms with Gasteiger partial charge in [0, 0.05) is 27.2 Å². The van der Waals surface area contributed by atoms with Gasteiger partial charge in [0.1, 0.15) is 5.75 Å². The summed E-state index contributed by atoms with van der Waals surface area (Å²) in [5, 5.41) is 12.0. The van der Waals surface area contributed by atoms with Gasteiger partial charge in [0.15, 0.2) is 5.82 Å². The highest BCUT2D eigenvalue weighted by atomic mass is 79.9. The van der Waals surface area contributed by atoms with Gasteiger partial charge in [-0.2, -0.15) is 18.2 Å². The van der Waals surface area contributed by atoms with E-state index < -0.39 is 69.1 Å². The molecule has 3 aromatic carbocycles. The Morgan fingerprint density at radius 1 is 0.943 bits per heavy atom. The number of benzene rings is 3. The summed E-state index contributed by atoms with van der Waals surface area (Å²) in [4.78, 5) is 61.8. The van der Waals surface area contributed by atoms with Crippen molar-refractivity contribution in [3.05, 3.63) is 149 Å². The Kier molecular flexibility index (Phi) is 8.23. The van der Waals surface area contributed by atoms with Crippen LogP contribution in [-0.2, 0) is 27.7 Å². The molecule has 1 aliphatic carbocycles. The van der Waals surface area contributed by atoms with Gasteiger partial charge in [-0.25, -0.2) is 28.5 Å². The molecule has 17 heteroatoms. The van der Waals surface area contributed by atoms with Crippen molar-refractivity contribution in [3.8, 4) is 11.4 Å². The number of amides is 2. The van der Waals surface area contributed by atoms with Gasteiger partial charge in [-0.3, -0.25) is 15.0 Å². The van der Waals surface area contributed by atoms with E-state index in [1.807, 2.05) is 0 Å². The lowest BCUT2D eigenvalue weighted by Gasteiger charge is -2.49. The standard InChI is InChI=1S/C36H24BrCl2F3N6O5/c37-20-8-11-28(49)24(15-20)29-23-12-13-45-33(52)46(22-4-2-1-3-5-22)34(53)48(45)27(23)16-25-31(50)47(32(51)35(25,29)18-6-9-21(38)10-7-18)44-30-26(39)14-19(17-43-30)36(40,41)42/h1-12,14-15,17,25,27,29,49H,13,16H2,(H,43,44)/t25-,27+,29+,35+/m0/s1. The number of hydrogen-bond acceptors (Lipinski definition) is 7. The lowest BCUT2D eigenvalue weighted by Crippen LogP contribution is -2.53. The lowest BCUT2D eigenvalue weighted by molar-refractivity contribution is -0.139. The summed E-state index contributed by atoms with van der Waals surface area (Å²) in [6.07, 6.45) is -2.69. The van der Waals surface area contributed by atoms with Gasteiger partial charge in [0.25, 0.3) is 11.8 Å². The number of hydrazine groups is 1. The molecule has 2 aromatic heterocycles. The number of nitrogens with one attached hydrogen (secondary N) is 1. The van der Waals surface area contributed by atoms with Crippen molar-refractivity contribution >= 4 is 56.8 Å². The molecule has 3 aliphatic rings. The number of alkyl halides is 3. The normalized spacial score (nSPS) is 22.3. The number of aromatic nitrogens is 4. The maximum absolute atomic E-state index is 15.2. The van der Waals surface area contributed by atoms with Crippen LogP contribution in [0.1, 0.15) is 35.1 Å². The Morgan fingerprint density at radius 3 is 2.34 bits per heavy atom. The van der Waals surface area contributed by atoms with Crippen LogP contribution in [0.2, 0.25) is 10.0 Å². The van der Waals surface area contributed by atoms with Crippen molar-refractivity contribution < 1.29 is 27.9 Å². The van der Waals surface area contributed by atoms with Crippen LogP contribution in [0, 0.1) is 5.92 Å². The zero-order valence-electron chi connectivity index (χ0n) is 26.9. The van der Waals surface area contributed by atoms with Crippen LogP contribution in [0.4, 0.5) is 19.0 Å². The number of aromatic hydroxyl groups is 1. The minimum absolute atomic E-state index is 0.0818. The molecule has 5 aromatic rings. The Bertz CT molecular complexity index is 2500. The quantitative estimate of drug-likeness (QED) is 0.151. The molecule has 2 amide bonds. The zero-order chi connectivity index (χ0) is 37.6. The third-order valence-corrected chi connectivity index (χ3v) is 11.2. The number of fused-ring (bicyclic) bond motifs is 4. The maximum atomic E-state index is 15.2. The predicted octanol–water partition coefficient (Wildman–Crippen LogP) is 6.61. The molecule has 270 valence electrons. The number of phenols is 1. The molecule has 2 fully saturated rings. The Labute approximate surface area is 315 Å². The van der Waals surface area contributed by atoms with Crippen LogP contribution < -0.4 is 16.8 Å². The number of anilines is 1. The molecule has 1 saturated carbocycles. The number of pyridine rings is 1. The fourth-order valence-electron chi connectivity index (χ4n) is 7.94. The van der Waals surface area contributed by atoms with E-state index in [9.17, 15) is 32.7 Å². The molecule has 1 saturated heterocycles. The van der Waals surface area contributed by atoms with Crippen LogP contribution in [0.15, 0.2) is 111 Å². The predicted molar refractivity (Wildman–Crippen MR) is 191 cm³/mol. The van der Waals surface area contributed by atoms with Gasteiger partial charge in [-0.1, -0.05) is 75.5 Å². The number of hydrogen-bond donors (Lipinski definition) is 2. The number of nitrogens with zero attached hydrogens (tertiary/aromatic N) is 5. The summed E-state index contributed by atoms with van der Waals surface area (Å²) in [6, 6.07) is 18.9.